The first-order valence-corrected chi connectivity index (χ1v) is 9.62. The van der Waals surface area contributed by atoms with Gasteiger partial charge in [-0.05, 0) is 30.2 Å². The van der Waals surface area contributed by atoms with Crippen molar-refractivity contribution in [2.24, 2.45) is 5.92 Å². The van der Waals surface area contributed by atoms with Crippen LogP contribution in [-0.4, -0.2) is 27.2 Å². The summed E-state index contributed by atoms with van der Waals surface area (Å²) < 4.78 is 1.81. The minimum Gasteiger partial charge on any atom is -0.349 e. The lowest BCUT2D eigenvalue weighted by Gasteiger charge is -2.23. The molecule has 2 N–H and O–H groups in total. The average Bonchev–Trinajstić information content (AvgIpc) is 3.12. The van der Waals surface area contributed by atoms with Crippen LogP contribution in [0.1, 0.15) is 36.3 Å². The van der Waals surface area contributed by atoms with Gasteiger partial charge in [0.1, 0.15) is 11.7 Å². The molecule has 0 fully saturated rings. The molecule has 0 bridgehead atoms. The van der Waals surface area contributed by atoms with Crippen molar-refractivity contribution in [1.82, 2.24) is 20.0 Å². The van der Waals surface area contributed by atoms with E-state index in [-0.39, 0.29) is 24.3 Å². The predicted molar refractivity (Wildman–Crippen MR) is 109 cm³/mol. The topological polar surface area (TPSA) is 75.5 Å². The minimum absolute atomic E-state index is 0.00691. The van der Waals surface area contributed by atoms with Crippen LogP contribution in [0.15, 0.2) is 54.9 Å². The number of carbonyl (C=O) groups excluding carboxylic acids is 2. The van der Waals surface area contributed by atoms with Gasteiger partial charge < -0.3 is 15.0 Å². The minimum atomic E-state index is -0.621. The Morgan fingerprint density at radius 2 is 1.89 bits per heavy atom. The lowest BCUT2D eigenvalue weighted by molar-refractivity contribution is -0.124. The summed E-state index contributed by atoms with van der Waals surface area (Å²) in [4.78, 5) is 29.7. The number of aromatic nitrogens is 2. The van der Waals surface area contributed by atoms with Gasteiger partial charge in [0.15, 0.2) is 0 Å². The molecule has 146 valence electrons. The van der Waals surface area contributed by atoms with E-state index in [4.69, 9.17) is 11.6 Å². The third-order valence-electron chi connectivity index (χ3n) is 4.73. The maximum absolute atomic E-state index is 12.8. The largest absolute Gasteiger partial charge is 0.349 e. The van der Waals surface area contributed by atoms with Gasteiger partial charge in [0.2, 0.25) is 5.91 Å². The molecule has 0 aliphatic heterocycles. The van der Waals surface area contributed by atoms with Crippen molar-refractivity contribution in [3.63, 3.8) is 0 Å². The predicted octanol–water partition coefficient (Wildman–Crippen LogP) is 3.45. The highest BCUT2D eigenvalue weighted by Gasteiger charge is 2.26. The van der Waals surface area contributed by atoms with Crippen LogP contribution in [0.3, 0.4) is 0 Å². The van der Waals surface area contributed by atoms with Crippen molar-refractivity contribution >= 4 is 29.1 Å². The first kappa shape index (κ1) is 19.9. The van der Waals surface area contributed by atoms with Crippen molar-refractivity contribution < 1.29 is 9.59 Å². The first-order valence-electron chi connectivity index (χ1n) is 9.24. The Bertz CT molecular complexity index is 971. The van der Waals surface area contributed by atoms with Crippen molar-refractivity contribution in [2.75, 3.05) is 0 Å². The van der Waals surface area contributed by atoms with E-state index in [1.165, 1.54) is 0 Å². The summed E-state index contributed by atoms with van der Waals surface area (Å²) in [6.45, 7) is 4.21. The van der Waals surface area contributed by atoms with Gasteiger partial charge in [-0.1, -0.05) is 50.1 Å². The molecule has 0 saturated carbocycles. The number of imidazole rings is 1. The smallest absolute Gasteiger partial charge is 0.251 e. The van der Waals surface area contributed by atoms with Gasteiger partial charge in [-0.15, -0.1) is 0 Å². The van der Waals surface area contributed by atoms with Crippen LogP contribution in [0.5, 0.6) is 0 Å². The summed E-state index contributed by atoms with van der Waals surface area (Å²) in [7, 11) is 0. The number of carbonyl (C=O) groups is 2. The third-order valence-corrected chi connectivity index (χ3v) is 4.95. The number of nitrogens with one attached hydrogen (secondary N) is 2. The first-order chi connectivity index (χ1) is 13.5. The molecule has 2 heterocycles. The van der Waals surface area contributed by atoms with Crippen LogP contribution in [0, 0.1) is 5.92 Å². The molecule has 2 amide bonds. The average molecular weight is 399 g/mol. The molecule has 0 spiro atoms. The Morgan fingerprint density at radius 1 is 1.14 bits per heavy atom. The van der Waals surface area contributed by atoms with Crippen LogP contribution in [0.2, 0.25) is 5.02 Å². The van der Waals surface area contributed by atoms with E-state index in [2.05, 4.69) is 15.6 Å². The molecule has 1 aromatic carbocycles. The fourth-order valence-electron chi connectivity index (χ4n) is 2.91. The molecule has 28 heavy (non-hydrogen) atoms. The standard InChI is InChI=1S/C21H23ClN4O2/c1-3-14(2)19(25-20(27)15-7-5-4-6-8-15)21(28)23-11-17-13-26-12-16(22)9-10-18(26)24-17/h4-10,12-14,19H,3,11H2,1-2H3,(H,23,28)(H,25,27). The van der Waals surface area contributed by atoms with Crippen LogP contribution in [0.4, 0.5) is 0 Å². The number of rotatable bonds is 7. The van der Waals surface area contributed by atoms with Crippen molar-refractivity contribution in [1.29, 1.82) is 0 Å². The maximum Gasteiger partial charge on any atom is 0.251 e. The van der Waals surface area contributed by atoms with E-state index in [0.717, 1.165) is 12.1 Å². The fraction of sp³-hybridized carbons (Fsp3) is 0.286. The number of nitrogens with zero attached hydrogens (tertiary/aromatic N) is 2. The highest BCUT2D eigenvalue weighted by molar-refractivity contribution is 6.30. The zero-order valence-corrected chi connectivity index (χ0v) is 16.6. The molecule has 0 aliphatic carbocycles. The highest BCUT2D eigenvalue weighted by Crippen LogP contribution is 2.13. The van der Waals surface area contributed by atoms with Gasteiger partial charge in [0.05, 0.1) is 17.3 Å². The summed E-state index contributed by atoms with van der Waals surface area (Å²) >= 11 is 5.99. The summed E-state index contributed by atoms with van der Waals surface area (Å²) in [5.74, 6) is -0.496. The maximum atomic E-state index is 12.8. The number of benzene rings is 1. The molecule has 7 heteroatoms. The van der Waals surface area contributed by atoms with E-state index in [0.29, 0.717) is 16.3 Å². The fourth-order valence-corrected chi connectivity index (χ4v) is 3.07. The van der Waals surface area contributed by atoms with Gasteiger partial charge in [0.25, 0.3) is 5.91 Å². The van der Waals surface area contributed by atoms with Crippen molar-refractivity contribution in [3.05, 3.63) is 71.1 Å². The van der Waals surface area contributed by atoms with Crippen molar-refractivity contribution in [3.8, 4) is 0 Å². The molecule has 0 radical (unpaired) electrons. The molecule has 2 atom stereocenters. The number of hydrogen-bond donors (Lipinski definition) is 2. The van der Waals surface area contributed by atoms with Gasteiger partial charge in [-0.3, -0.25) is 9.59 Å². The second-order valence-corrected chi connectivity index (χ2v) is 7.20. The van der Waals surface area contributed by atoms with E-state index in [9.17, 15) is 9.59 Å². The number of amides is 2. The monoisotopic (exact) mass is 398 g/mol. The van der Waals surface area contributed by atoms with E-state index < -0.39 is 6.04 Å². The lowest BCUT2D eigenvalue weighted by atomic mass is 9.98. The SMILES string of the molecule is CCC(C)C(NC(=O)c1ccccc1)C(=O)NCc1cn2cc(Cl)ccc2n1. The Balaban J connectivity index is 1.67. The van der Waals surface area contributed by atoms with E-state index in [1.807, 2.05) is 36.6 Å². The number of halogens is 1. The summed E-state index contributed by atoms with van der Waals surface area (Å²) in [6.07, 6.45) is 4.35. The molecule has 6 nitrogen and oxygen atoms in total. The number of pyridine rings is 1. The lowest BCUT2D eigenvalue weighted by Crippen LogP contribution is -2.50. The Kier molecular flexibility index (Phi) is 6.31. The zero-order chi connectivity index (χ0) is 20.1. The van der Waals surface area contributed by atoms with E-state index >= 15 is 0 Å². The Labute approximate surface area is 168 Å². The second-order valence-electron chi connectivity index (χ2n) is 6.77. The van der Waals surface area contributed by atoms with Crippen molar-refractivity contribution in [2.45, 2.75) is 32.9 Å². The molecular formula is C21H23ClN4O2. The van der Waals surface area contributed by atoms with Crippen LogP contribution < -0.4 is 10.6 Å². The van der Waals surface area contributed by atoms with Gasteiger partial charge in [0, 0.05) is 18.0 Å². The van der Waals surface area contributed by atoms with Gasteiger partial charge in [-0.25, -0.2) is 4.98 Å². The van der Waals surface area contributed by atoms with Crippen LogP contribution >= 0.6 is 11.6 Å². The second kappa shape index (κ2) is 8.89. The summed E-state index contributed by atoms with van der Waals surface area (Å²) in [5, 5.41) is 6.36. The summed E-state index contributed by atoms with van der Waals surface area (Å²) in [6, 6.07) is 11.8. The van der Waals surface area contributed by atoms with Gasteiger partial charge in [-0.2, -0.15) is 0 Å². The van der Waals surface area contributed by atoms with Crippen LogP contribution in [-0.2, 0) is 11.3 Å². The molecule has 2 unspecified atom stereocenters. The van der Waals surface area contributed by atoms with Crippen LogP contribution in [0.25, 0.3) is 5.65 Å². The van der Waals surface area contributed by atoms with E-state index in [1.54, 1.807) is 36.5 Å². The summed E-state index contributed by atoms with van der Waals surface area (Å²) in [5.41, 5.74) is 2.00. The Morgan fingerprint density at radius 3 is 2.61 bits per heavy atom. The zero-order valence-electron chi connectivity index (χ0n) is 15.9. The molecule has 3 aromatic rings. The molecular weight excluding hydrogens is 376 g/mol. The quantitative estimate of drug-likeness (QED) is 0.640. The number of hydrogen-bond acceptors (Lipinski definition) is 3. The molecule has 0 aliphatic rings. The van der Waals surface area contributed by atoms with Gasteiger partial charge >= 0.3 is 0 Å². The molecule has 2 aromatic heterocycles. The highest BCUT2D eigenvalue weighted by atomic mass is 35.5. The third kappa shape index (κ3) is 4.70. The Hall–Kier alpha value is -2.86. The number of fused-ring (bicyclic) bond motifs is 1. The normalized spacial score (nSPS) is 13.1. The molecule has 3 rings (SSSR count). The molecule has 0 saturated heterocycles.